The third-order valence-electron chi connectivity index (χ3n) is 11.2. The molecule has 4 rings (SSSR count). The maximum absolute atomic E-state index is 14.3. The van der Waals surface area contributed by atoms with Gasteiger partial charge in [-0.1, -0.05) is 94.3 Å². The van der Waals surface area contributed by atoms with Gasteiger partial charge in [0.2, 0.25) is 42.8 Å². The lowest BCUT2D eigenvalue weighted by Gasteiger charge is -2.26. The van der Waals surface area contributed by atoms with Gasteiger partial charge in [-0.25, -0.2) is 4.79 Å². The van der Waals surface area contributed by atoms with Gasteiger partial charge >= 0.3 is 12.1 Å². The number of para-hydroxylation sites is 1. The molecular weight excluding hydrogens is 936 g/mol. The number of carbonyl (C=O) groups excluding carboxylic acids is 7. The zero-order valence-corrected chi connectivity index (χ0v) is 41.9. The second kappa shape index (κ2) is 26.7. The van der Waals surface area contributed by atoms with Crippen LogP contribution in [-0.4, -0.2) is 112 Å². The summed E-state index contributed by atoms with van der Waals surface area (Å²) in [5.74, 6) is -6.21. The molecule has 0 aliphatic carbocycles. The number of unbranched alkanes of at least 4 members (excludes halogenated alkanes) is 1. The van der Waals surface area contributed by atoms with E-state index < -0.39 is 104 Å². The van der Waals surface area contributed by atoms with Crippen LogP contribution in [0, 0.1) is 0 Å². The van der Waals surface area contributed by atoms with Crippen molar-refractivity contribution < 1.29 is 57.3 Å². The second-order valence-corrected chi connectivity index (χ2v) is 21.1. The Morgan fingerprint density at radius 3 is 1.86 bits per heavy atom. The molecule has 0 spiro atoms. The van der Waals surface area contributed by atoms with Crippen LogP contribution in [0.1, 0.15) is 83.9 Å². The van der Waals surface area contributed by atoms with E-state index in [4.69, 9.17) is 15.0 Å². The summed E-state index contributed by atoms with van der Waals surface area (Å²) >= 11 is 0. The molecule has 1 heterocycles. The van der Waals surface area contributed by atoms with E-state index >= 15 is 0 Å². The number of nitrogens with one attached hydrogen (secondary N) is 7. The van der Waals surface area contributed by atoms with E-state index in [1.54, 1.807) is 101 Å². The number of carboxylic acids is 1. The van der Waals surface area contributed by atoms with Crippen molar-refractivity contribution in [2.45, 2.75) is 122 Å². The Labute approximate surface area is 413 Å². The number of alkyl carbamates (subject to hydrolysis) is 1. The van der Waals surface area contributed by atoms with E-state index in [9.17, 15) is 48.0 Å². The molecule has 384 valence electrons. The van der Waals surface area contributed by atoms with Crippen molar-refractivity contribution in [2.24, 2.45) is 5.73 Å². The number of ether oxygens (including phenoxy) is 1. The summed E-state index contributed by atoms with van der Waals surface area (Å²) in [7, 11) is -2.87. The Bertz CT molecular complexity index is 2520. The molecule has 0 unspecified atom stereocenters. The third kappa shape index (κ3) is 18.6. The summed E-state index contributed by atoms with van der Waals surface area (Å²) in [6.07, 6.45) is 1.52. The summed E-state index contributed by atoms with van der Waals surface area (Å²) in [5, 5.41) is 25.8. The van der Waals surface area contributed by atoms with Crippen LogP contribution in [0.2, 0.25) is 0 Å². The second-order valence-electron chi connectivity index (χ2n) is 18.0. The van der Waals surface area contributed by atoms with Gasteiger partial charge in [-0.2, -0.15) is 0 Å². The number of aromatic amines is 1. The average Bonchev–Trinajstić information content (AvgIpc) is 3.73. The summed E-state index contributed by atoms with van der Waals surface area (Å²) in [6, 6.07) is 15.6. The molecule has 4 aromatic rings. The molecule has 10 N–H and O–H groups in total. The minimum absolute atomic E-state index is 0.00295. The highest BCUT2D eigenvalue weighted by molar-refractivity contribution is 7.59. The molecule has 3 aromatic carbocycles. The number of amides is 7. The number of carboxylic acid groups (broad SMARTS) is 1. The molecule has 0 fully saturated rings. The Hall–Kier alpha value is -7.21. The molecule has 0 radical (unpaired) electrons. The van der Waals surface area contributed by atoms with Crippen molar-refractivity contribution >= 4 is 65.8 Å². The van der Waals surface area contributed by atoms with Crippen LogP contribution in [0.4, 0.5) is 4.79 Å². The van der Waals surface area contributed by atoms with E-state index in [1.807, 2.05) is 25.1 Å². The number of aliphatic carboxylic acids is 1. The zero-order chi connectivity index (χ0) is 52.3. The molecule has 21 heteroatoms. The number of rotatable bonds is 27. The maximum atomic E-state index is 14.3. The highest BCUT2D eigenvalue weighted by Crippen LogP contribution is 2.46. The lowest BCUT2D eigenvalue weighted by Crippen LogP contribution is -2.59. The quantitative estimate of drug-likeness (QED) is 0.0383. The number of aromatic nitrogens is 1. The van der Waals surface area contributed by atoms with Gasteiger partial charge < -0.3 is 57.0 Å². The first-order chi connectivity index (χ1) is 33.6. The Balaban J connectivity index is 1.54. The van der Waals surface area contributed by atoms with Gasteiger partial charge in [-0.3, -0.25) is 38.1 Å². The van der Waals surface area contributed by atoms with Crippen molar-refractivity contribution in [1.29, 1.82) is 0 Å². The fraction of sp³-hybridized carbons (Fsp3) is 0.440. The third-order valence-corrected chi connectivity index (χ3v) is 13.7. The minimum Gasteiger partial charge on any atom is -0.481 e. The standard InChI is InChI=1S/C50H67N8O12P/c1-7-10-19-37(46(64)57-41(28-43(60)61)48(66)56-38(44(51)62)25-31-16-12-11-13-17-31)55-47(65)40(27-33-29-52-36-20-15-14-18-35(33)36)54-42(59)30-53-45(63)39(58-49(67)69-50(4,5)6)26-32-21-23-34(24-22-32)70-71(68,8-2)9-3/h11-18,20-24,29,37-41,52H,7-10,19,25-28,30H2,1-6H3,(H2,51,62)(H,53,63)(H,54,59)(H,55,65)(H,56,66)(H,57,64)(H,58,67)(H,60,61)/t37-,38-,39-,40-,41-/m0/s1. The maximum Gasteiger partial charge on any atom is 0.408 e. The summed E-state index contributed by atoms with van der Waals surface area (Å²) in [6.45, 7) is 9.72. The molecule has 1 aromatic heterocycles. The predicted octanol–water partition coefficient (Wildman–Crippen LogP) is 3.99. The molecule has 0 aliphatic heterocycles. The highest BCUT2D eigenvalue weighted by atomic mass is 31.2. The SMILES string of the molecule is CCCC[C@H](NC(=O)[C@H](Cc1c[nH]c2ccccc12)NC(=O)CNC(=O)[C@H](Cc1ccc(OP(=O)(CC)CC)cc1)NC(=O)OC(C)(C)C)C(=O)N[C@@H](CC(=O)O)C(=O)N[C@@H](Cc1ccccc1)C(N)=O. The van der Waals surface area contributed by atoms with Gasteiger partial charge in [-0.15, -0.1) is 0 Å². The van der Waals surface area contributed by atoms with Crippen molar-refractivity contribution in [3.63, 3.8) is 0 Å². The molecule has 7 amide bonds. The van der Waals surface area contributed by atoms with Crippen LogP contribution in [0.15, 0.2) is 85.1 Å². The van der Waals surface area contributed by atoms with Gasteiger partial charge in [0.25, 0.3) is 0 Å². The number of hydrogen-bond acceptors (Lipinski definition) is 11. The van der Waals surface area contributed by atoms with E-state index in [0.29, 0.717) is 47.6 Å². The normalized spacial score (nSPS) is 13.5. The Morgan fingerprint density at radius 2 is 1.24 bits per heavy atom. The van der Waals surface area contributed by atoms with E-state index in [1.165, 1.54) is 0 Å². The van der Waals surface area contributed by atoms with Gasteiger partial charge in [0.1, 0.15) is 41.6 Å². The Morgan fingerprint density at radius 1 is 0.676 bits per heavy atom. The topological polar surface area (TPSA) is 306 Å². The molecule has 0 bridgehead atoms. The number of benzene rings is 3. The number of H-pyrrole nitrogens is 1. The first-order valence-electron chi connectivity index (χ1n) is 23.6. The van der Waals surface area contributed by atoms with Crippen molar-refractivity contribution in [1.82, 2.24) is 36.9 Å². The molecule has 0 aliphatic rings. The number of primary amides is 1. The first kappa shape index (κ1) is 56.4. The van der Waals surface area contributed by atoms with Gasteiger partial charge in [0.15, 0.2) is 0 Å². The monoisotopic (exact) mass is 1000 g/mol. The fourth-order valence-corrected chi connectivity index (χ4v) is 8.55. The lowest BCUT2D eigenvalue weighted by molar-refractivity contribution is -0.141. The highest BCUT2D eigenvalue weighted by Gasteiger charge is 2.33. The number of nitrogens with two attached hydrogens (primary N) is 1. The summed E-state index contributed by atoms with van der Waals surface area (Å²) in [4.78, 5) is 110. The van der Waals surface area contributed by atoms with Crippen LogP contribution in [-0.2, 0) is 62.1 Å². The van der Waals surface area contributed by atoms with Gasteiger partial charge in [0.05, 0.1) is 13.0 Å². The number of carbonyl (C=O) groups is 8. The molecule has 71 heavy (non-hydrogen) atoms. The van der Waals surface area contributed by atoms with Gasteiger partial charge in [-0.05, 0) is 62.1 Å². The predicted molar refractivity (Wildman–Crippen MR) is 266 cm³/mol. The first-order valence-corrected chi connectivity index (χ1v) is 25.6. The van der Waals surface area contributed by atoms with Crippen LogP contribution >= 0.6 is 7.37 Å². The van der Waals surface area contributed by atoms with Crippen molar-refractivity contribution in [2.75, 3.05) is 18.9 Å². The van der Waals surface area contributed by atoms with Crippen LogP contribution in [0.25, 0.3) is 10.9 Å². The smallest absolute Gasteiger partial charge is 0.408 e. The van der Waals surface area contributed by atoms with Gasteiger partial charge in [0, 0.05) is 48.7 Å². The zero-order valence-electron chi connectivity index (χ0n) is 41.0. The molecule has 0 saturated heterocycles. The minimum atomic E-state index is -2.87. The Kier molecular flexibility index (Phi) is 21.2. The molecular formula is C50H67N8O12P. The molecule has 5 atom stereocenters. The summed E-state index contributed by atoms with van der Waals surface area (Å²) in [5.41, 5.74) is 7.31. The fourth-order valence-electron chi connectivity index (χ4n) is 7.34. The summed E-state index contributed by atoms with van der Waals surface area (Å²) < 4.78 is 24.1. The number of hydrogen-bond donors (Lipinski definition) is 9. The van der Waals surface area contributed by atoms with Crippen LogP contribution in [0.3, 0.4) is 0 Å². The van der Waals surface area contributed by atoms with Crippen LogP contribution in [0.5, 0.6) is 5.75 Å². The number of fused-ring (bicyclic) bond motifs is 1. The van der Waals surface area contributed by atoms with E-state index in [0.717, 1.165) is 10.9 Å². The van der Waals surface area contributed by atoms with E-state index in [-0.39, 0.29) is 25.7 Å². The lowest BCUT2D eigenvalue weighted by atomic mass is 10.0. The van der Waals surface area contributed by atoms with Crippen molar-refractivity contribution in [3.8, 4) is 5.75 Å². The van der Waals surface area contributed by atoms with Crippen molar-refractivity contribution in [3.05, 3.63) is 102 Å². The average molecular weight is 1000 g/mol. The molecule has 0 saturated carbocycles. The molecule has 20 nitrogen and oxygen atoms in total. The van der Waals surface area contributed by atoms with Crippen LogP contribution < -0.4 is 42.2 Å². The van der Waals surface area contributed by atoms with E-state index in [2.05, 4.69) is 36.9 Å². The largest absolute Gasteiger partial charge is 0.481 e.